The van der Waals surface area contributed by atoms with E-state index in [1.54, 1.807) is 0 Å². The Hall–Kier alpha value is -1.82. The van der Waals surface area contributed by atoms with Crippen LogP contribution in [-0.4, -0.2) is 34.7 Å². The van der Waals surface area contributed by atoms with Crippen LogP contribution in [0.5, 0.6) is 11.5 Å². The summed E-state index contributed by atoms with van der Waals surface area (Å²) in [5, 5.41) is 21.8. The van der Waals surface area contributed by atoms with Crippen molar-refractivity contribution in [3.63, 3.8) is 0 Å². The largest absolute Gasteiger partial charge is 1.00 e. The second kappa shape index (κ2) is 12.6. The number of aliphatic imine (C=N–C) groups is 2. The van der Waals surface area contributed by atoms with Crippen molar-refractivity contribution < 1.29 is 39.4 Å². The molecule has 4 nitrogen and oxygen atoms in total. The molecular formula is C30H42ClCoN2O2-. The zero-order valence-corrected chi connectivity index (χ0v) is 24.7. The van der Waals surface area contributed by atoms with Crippen molar-refractivity contribution in [2.75, 3.05) is 0 Å². The molecule has 0 amide bonds. The summed E-state index contributed by atoms with van der Waals surface area (Å²) in [7, 11) is 0. The van der Waals surface area contributed by atoms with Gasteiger partial charge in [0.25, 0.3) is 0 Å². The molecule has 2 atom stereocenters. The molecule has 36 heavy (non-hydrogen) atoms. The van der Waals surface area contributed by atoms with Crippen LogP contribution in [0.1, 0.15) is 101 Å². The predicted molar refractivity (Wildman–Crippen MR) is 144 cm³/mol. The number of halogens is 1. The van der Waals surface area contributed by atoms with Crippen LogP contribution >= 0.6 is 0 Å². The van der Waals surface area contributed by atoms with Crippen molar-refractivity contribution in [1.82, 2.24) is 0 Å². The molecule has 3 rings (SSSR count). The fourth-order valence-corrected chi connectivity index (χ4v) is 4.75. The fraction of sp³-hybridized carbons (Fsp3) is 0.533. The molecule has 0 aliphatic heterocycles. The normalized spacial score (nSPS) is 18.8. The molecule has 0 bridgehead atoms. The molecule has 0 unspecified atom stereocenters. The second-order valence-corrected chi connectivity index (χ2v) is 12.0. The third kappa shape index (κ3) is 7.84. The van der Waals surface area contributed by atoms with Gasteiger partial charge in [-0.25, -0.2) is 0 Å². The van der Waals surface area contributed by atoms with Crippen LogP contribution < -0.4 is 12.4 Å². The summed E-state index contributed by atoms with van der Waals surface area (Å²) in [6.45, 7) is 16.8. The molecule has 6 heteroatoms. The summed E-state index contributed by atoms with van der Waals surface area (Å²) < 4.78 is 0. The molecule has 2 aromatic rings. The van der Waals surface area contributed by atoms with Gasteiger partial charge in [0.2, 0.25) is 0 Å². The van der Waals surface area contributed by atoms with Gasteiger partial charge >= 0.3 is 0 Å². The fourth-order valence-electron chi connectivity index (χ4n) is 4.75. The average molecular weight is 557 g/mol. The molecule has 0 aromatic heterocycles. The van der Waals surface area contributed by atoms with Crippen molar-refractivity contribution in [3.8, 4) is 11.5 Å². The molecule has 1 aliphatic rings. The second-order valence-electron chi connectivity index (χ2n) is 12.0. The third-order valence-electron chi connectivity index (χ3n) is 6.69. The van der Waals surface area contributed by atoms with Crippen LogP contribution in [0.3, 0.4) is 0 Å². The molecule has 0 spiro atoms. The van der Waals surface area contributed by atoms with Crippen molar-refractivity contribution in [2.45, 2.75) is 104 Å². The minimum absolute atomic E-state index is 0. The number of aryl methyl sites for hydroxylation is 2. The van der Waals surface area contributed by atoms with E-state index in [-0.39, 0.29) is 52.1 Å². The summed E-state index contributed by atoms with van der Waals surface area (Å²) in [6, 6.07) is 8.23. The summed E-state index contributed by atoms with van der Waals surface area (Å²) >= 11 is 0. The van der Waals surface area contributed by atoms with Gasteiger partial charge in [-0.3, -0.25) is 9.98 Å². The first-order valence-corrected chi connectivity index (χ1v) is 12.5. The molecule has 1 aliphatic carbocycles. The van der Waals surface area contributed by atoms with Crippen LogP contribution in [-0.2, 0) is 27.6 Å². The van der Waals surface area contributed by atoms with E-state index in [1.165, 1.54) is 0 Å². The van der Waals surface area contributed by atoms with E-state index in [0.29, 0.717) is 11.5 Å². The number of hydrogen-bond acceptors (Lipinski definition) is 4. The number of nitrogens with zero attached hydrogens (tertiary/aromatic N) is 2. The van der Waals surface area contributed by atoms with E-state index in [0.717, 1.165) is 59.1 Å². The number of benzene rings is 2. The Morgan fingerprint density at radius 3 is 1.33 bits per heavy atom. The van der Waals surface area contributed by atoms with Gasteiger partial charge in [-0.05, 0) is 60.8 Å². The molecule has 1 fully saturated rings. The maximum Gasteiger partial charge on any atom is 0.128 e. The van der Waals surface area contributed by atoms with Crippen molar-refractivity contribution in [3.05, 3.63) is 57.6 Å². The smallest absolute Gasteiger partial charge is 0.128 e. The van der Waals surface area contributed by atoms with Gasteiger partial charge in [0.15, 0.2) is 0 Å². The van der Waals surface area contributed by atoms with E-state index >= 15 is 0 Å². The topological polar surface area (TPSA) is 65.2 Å². The van der Waals surface area contributed by atoms with Gasteiger partial charge in [-0.15, -0.1) is 0 Å². The van der Waals surface area contributed by atoms with Crippen LogP contribution in [0.2, 0.25) is 0 Å². The summed E-state index contributed by atoms with van der Waals surface area (Å²) in [4.78, 5) is 9.82. The molecule has 0 saturated heterocycles. The quantitative estimate of drug-likeness (QED) is 0.556. The van der Waals surface area contributed by atoms with E-state index in [1.807, 2.05) is 24.6 Å². The average Bonchev–Trinajstić information content (AvgIpc) is 2.73. The van der Waals surface area contributed by atoms with Gasteiger partial charge in [0, 0.05) is 51.5 Å². The first kappa shape index (κ1) is 32.2. The number of rotatable bonds is 4. The third-order valence-corrected chi connectivity index (χ3v) is 6.69. The number of aromatic hydroxyl groups is 2. The zero-order chi connectivity index (χ0) is 25.3. The maximum absolute atomic E-state index is 10.9. The Morgan fingerprint density at radius 1 is 0.694 bits per heavy atom. The van der Waals surface area contributed by atoms with E-state index < -0.39 is 0 Å². The van der Waals surface area contributed by atoms with Gasteiger partial charge in [0.05, 0.1) is 12.1 Å². The summed E-state index contributed by atoms with van der Waals surface area (Å²) in [6.07, 6.45) is 7.88. The number of hydrogen-bond donors (Lipinski definition) is 2. The minimum atomic E-state index is -0.141. The first-order chi connectivity index (χ1) is 15.8. The van der Waals surface area contributed by atoms with E-state index in [9.17, 15) is 10.2 Å². The van der Waals surface area contributed by atoms with Crippen LogP contribution in [0.4, 0.5) is 0 Å². The van der Waals surface area contributed by atoms with Crippen molar-refractivity contribution in [1.29, 1.82) is 0 Å². The SMILES string of the molecule is Cc1cc(C=N[C@@H]2CCCC[C@H]2N=Cc2cc(C)cc(C(C)(C)C)c2O)c(O)c(C(C)(C)C)c1.[Cl-].[Co]. The van der Waals surface area contributed by atoms with Gasteiger partial charge in [0.1, 0.15) is 11.5 Å². The summed E-state index contributed by atoms with van der Waals surface area (Å²) in [5.41, 5.74) is 5.37. The number of phenolic OH excluding ortho intramolecular Hbond substituents is 2. The Balaban J connectivity index is 0.00000324. The molecular weight excluding hydrogens is 515 g/mol. The number of phenols is 2. The molecule has 201 valence electrons. The zero-order valence-electron chi connectivity index (χ0n) is 22.9. The van der Waals surface area contributed by atoms with Gasteiger partial charge < -0.3 is 22.6 Å². The van der Waals surface area contributed by atoms with Crippen LogP contribution in [0, 0.1) is 13.8 Å². The Labute approximate surface area is 234 Å². The first-order valence-electron chi connectivity index (χ1n) is 12.5. The predicted octanol–water partition coefficient (Wildman–Crippen LogP) is 4.16. The van der Waals surface area contributed by atoms with Crippen molar-refractivity contribution in [2.24, 2.45) is 9.98 Å². The standard InChI is InChI=1S/C30H42N2O2.ClH.Co/c1-19-13-21(27(33)23(15-19)29(3,4)5)17-31-25-11-9-10-12-26(25)32-18-22-14-20(2)16-24(28(22)34)30(6,7)8;;/h13-18,25-26,33-34H,9-12H2,1-8H3;1H;/p-1/t25-,26-;;/m1../s1. The Morgan fingerprint density at radius 2 is 1.03 bits per heavy atom. The van der Waals surface area contributed by atoms with Crippen LogP contribution in [0.15, 0.2) is 34.3 Å². The molecule has 1 radical (unpaired) electrons. The summed E-state index contributed by atoms with van der Waals surface area (Å²) in [5.74, 6) is 0.634. The Kier molecular flexibility index (Phi) is 11.3. The van der Waals surface area contributed by atoms with Gasteiger partial charge in [-0.2, -0.15) is 0 Å². The molecule has 2 aromatic carbocycles. The van der Waals surface area contributed by atoms with Gasteiger partial charge in [-0.1, -0.05) is 66.5 Å². The Bertz CT molecular complexity index is 1010. The molecule has 0 heterocycles. The molecule has 2 N–H and O–H groups in total. The minimum Gasteiger partial charge on any atom is -1.00 e. The maximum atomic E-state index is 10.9. The van der Waals surface area contributed by atoms with E-state index in [2.05, 4.69) is 67.5 Å². The van der Waals surface area contributed by atoms with Crippen molar-refractivity contribution >= 4 is 12.4 Å². The molecule has 1 saturated carbocycles. The van der Waals surface area contributed by atoms with E-state index in [4.69, 9.17) is 9.98 Å². The monoisotopic (exact) mass is 556 g/mol. The van der Waals surface area contributed by atoms with Crippen LogP contribution in [0.25, 0.3) is 0 Å².